The van der Waals surface area contributed by atoms with Crippen LogP contribution in [0.25, 0.3) is 11.3 Å². The molecule has 4 rings (SSSR count). The first-order valence-corrected chi connectivity index (χ1v) is 11.8. The molecule has 3 heterocycles. The van der Waals surface area contributed by atoms with Crippen molar-refractivity contribution >= 4 is 46.6 Å². The van der Waals surface area contributed by atoms with Gasteiger partial charge in [-0.2, -0.15) is 5.26 Å². The molecule has 186 valence electrons. The van der Waals surface area contributed by atoms with Crippen LogP contribution in [0.4, 0.5) is 22.1 Å². The van der Waals surface area contributed by atoms with Crippen molar-refractivity contribution in [2.75, 3.05) is 23.4 Å². The summed E-state index contributed by atoms with van der Waals surface area (Å²) in [5, 5.41) is 23.8. The van der Waals surface area contributed by atoms with Gasteiger partial charge in [0.2, 0.25) is 5.95 Å². The number of anilines is 3. The van der Waals surface area contributed by atoms with E-state index in [0.29, 0.717) is 33.2 Å². The fourth-order valence-corrected chi connectivity index (χ4v) is 4.26. The first kappa shape index (κ1) is 25.6. The summed E-state index contributed by atoms with van der Waals surface area (Å²) >= 11 is 12.2. The molecule has 9 nitrogen and oxygen atoms in total. The zero-order chi connectivity index (χ0) is 26.3. The number of amides is 1. The molecule has 2 aromatic heterocycles. The number of aliphatic hydroxyl groups excluding tert-OH is 1. The Morgan fingerprint density at radius 1 is 1.31 bits per heavy atom. The zero-order valence-corrected chi connectivity index (χ0v) is 21.6. The summed E-state index contributed by atoms with van der Waals surface area (Å²) in [5.41, 5.74) is 1.41. The predicted molar refractivity (Wildman–Crippen MR) is 138 cm³/mol. The fourth-order valence-electron chi connectivity index (χ4n) is 3.95. The summed E-state index contributed by atoms with van der Waals surface area (Å²) < 4.78 is 5.56. The maximum absolute atomic E-state index is 13.0. The molecular weight excluding hydrogens is 503 g/mol. The summed E-state index contributed by atoms with van der Waals surface area (Å²) in [6.45, 7) is 7.09. The van der Waals surface area contributed by atoms with Crippen molar-refractivity contribution in [3.63, 3.8) is 0 Å². The molecule has 0 radical (unpaired) electrons. The van der Waals surface area contributed by atoms with Crippen molar-refractivity contribution in [3.05, 3.63) is 58.0 Å². The lowest BCUT2D eigenvalue weighted by molar-refractivity contribution is 0.0575. The zero-order valence-electron chi connectivity index (χ0n) is 20.1. The Labute approximate surface area is 218 Å². The van der Waals surface area contributed by atoms with E-state index in [1.807, 2.05) is 13.0 Å². The molecule has 36 heavy (non-hydrogen) atoms. The Hall–Kier alpha value is -3.45. The molecule has 0 fully saturated rings. The Kier molecular flexibility index (Phi) is 6.80. The number of ether oxygens (including phenoxy) is 1. The average Bonchev–Trinajstić information content (AvgIpc) is 3.13. The molecule has 1 aliphatic heterocycles. The van der Waals surface area contributed by atoms with Crippen molar-refractivity contribution in [2.45, 2.75) is 38.7 Å². The Balaban J connectivity index is 1.77. The number of halogens is 2. The lowest BCUT2D eigenvalue weighted by atomic mass is 9.83. The minimum Gasteiger partial charge on any atom is -0.443 e. The lowest BCUT2D eigenvalue weighted by Crippen LogP contribution is -2.40. The monoisotopic (exact) mass is 526 g/mol. The maximum Gasteiger partial charge on any atom is 0.414 e. The molecule has 1 aromatic carbocycles. The van der Waals surface area contributed by atoms with E-state index >= 15 is 0 Å². The van der Waals surface area contributed by atoms with Crippen LogP contribution >= 0.6 is 23.2 Å². The van der Waals surface area contributed by atoms with Crippen LogP contribution in [-0.4, -0.2) is 44.9 Å². The van der Waals surface area contributed by atoms with E-state index in [4.69, 9.17) is 27.9 Å². The largest absolute Gasteiger partial charge is 0.443 e. The SMILES string of the molecule is CC(C)(C)OC(=O)N1CC(C)(CO)c2cc(-c3ccnc(Nc4cc(Cl)cnc4Cl)n3)cc(C#N)c21. The normalized spacial score (nSPS) is 16.9. The van der Waals surface area contributed by atoms with Crippen molar-refractivity contribution in [1.82, 2.24) is 15.0 Å². The second-order valence-electron chi connectivity index (χ2n) is 9.70. The van der Waals surface area contributed by atoms with Crippen LogP contribution < -0.4 is 10.2 Å². The standard InChI is InChI=1S/C25H24Cl2N6O3/c1-24(2,3)36-23(35)33-12-25(4,13-34)17-8-14(7-15(10-28)20(17)33)18-5-6-29-22(31-18)32-19-9-16(26)11-30-21(19)27/h5-9,11,34H,12-13H2,1-4H3,(H,29,31,32). The van der Waals surface area contributed by atoms with Gasteiger partial charge in [-0.1, -0.05) is 30.1 Å². The second kappa shape index (κ2) is 9.54. The van der Waals surface area contributed by atoms with Gasteiger partial charge in [0.1, 0.15) is 11.7 Å². The van der Waals surface area contributed by atoms with Gasteiger partial charge in [0, 0.05) is 29.9 Å². The van der Waals surface area contributed by atoms with Crippen LogP contribution in [0.1, 0.15) is 38.8 Å². The first-order valence-electron chi connectivity index (χ1n) is 11.1. The van der Waals surface area contributed by atoms with Crippen LogP contribution in [0.15, 0.2) is 36.7 Å². The van der Waals surface area contributed by atoms with Crippen LogP contribution in [0.5, 0.6) is 0 Å². The summed E-state index contributed by atoms with van der Waals surface area (Å²) in [6, 6.07) is 8.97. The van der Waals surface area contributed by atoms with E-state index in [1.54, 1.807) is 45.2 Å². The molecule has 1 amide bonds. The number of hydrogen-bond donors (Lipinski definition) is 2. The minimum absolute atomic E-state index is 0.169. The number of pyridine rings is 1. The van der Waals surface area contributed by atoms with Gasteiger partial charge in [0.15, 0.2) is 5.15 Å². The van der Waals surface area contributed by atoms with Crippen LogP contribution in [0, 0.1) is 11.3 Å². The van der Waals surface area contributed by atoms with E-state index in [9.17, 15) is 15.2 Å². The second-order valence-corrected chi connectivity index (χ2v) is 10.5. The number of fused-ring (bicyclic) bond motifs is 1. The van der Waals surface area contributed by atoms with E-state index in [-0.39, 0.29) is 29.8 Å². The number of nitriles is 1. The molecule has 0 aliphatic carbocycles. The molecule has 0 spiro atoms. The number of benzene rings is 1. The van der Waals surface area contributed by atoms with Gasteiger partial charge in [0.05, 0.1) is 34.3 Å². The third-order valence-electron chi connectivity index (χ3n) is 5.62. The molecular formula is C25H24Cl2N6O3. The van der Waals surface area contributed by atoms with Crippen LogP contribution in [-0.2, 0) is 10.2 Å². The van der Waals surface area contributed by atoms with Crippen molar-refractivity contribution in [2.24, 2.45) is 0 Å². The van der Waals surface area contributed by atoms with Gasteiger partial charge in [-0.3, -0.25) is 4.90 Å². The molecule has 11 heteroatoms. The summed E-state index contributed by atoms with van der Waals surface area (Å²) in [5.74, 6) is 0.248. The highest BCUT2D eigenvalue weighted by Gasteiger charge is 2.44. The summed E-state index contributed by atoms with van der Waals surface area (Å²) in [7, 11) is 0. The highest BCUT2D eigenvalue weighted by atomic mass is 35.5. The number of nitrogens with zero attached hydrogens (tertiary/aromatic N) is 5. The van der Waals surface area contributed by atoms with Crippen LogP contribution in [0.3, 0.4) is 0 Å². The Morgan fingerprint density at radius 2 is 2.06 bits per heavy atom. The van der Waals surface area contributed by atoms with Gasteiger partial charge in [-0.15, -0.1) is 0 Å². The van der Waals surface area contributed by atoms with E-state index in [0.717, 1.165) is 0 Å². The van der Waals surface area contributed by atoms with Crippen molar-refractivity contribution in [1.29, 1.82) is 5.26 Å². The predicted octanol–water partition coefficient (Wildman–Crippen LogP) is 5.47. The first-order chi connectivity index (χ1) is 16.9. The quantitative estimate of drug-likeness (QED) is 0.429. The van der Waals surface area contributed by atoms with E-state index in [1.165, 1.54) is 11.1 Å². The van der Waals surface area contributed by atoms with Crippen molar-refractivity contribution in [3.8, 4) is 17.3 Å². The Bertz CT molecular complexity index is 1390. The average molecular weight is 527 g/mol. The maximum atomic E-state index is 13.0. The number of carbonyl (C=O) groups is 1. The number of hydrogen-bond acceptors (Lipinski definition) is 8. The third kappa shape index (κ3) is 5.07. The topological polar surface area (TPSA) is 124 Å². The molecule has 1 atom stereocenters. The number of rotatable bonds is 4. The molecule has 0 saturated carbocycles. The fraction of sp³-hybridized carbons (Fsp3) is 0.320. The number of carbonyl (C=O) groups excluding carboxylic acids is 1. The highest BCUT2D eigenvalue weighted by Crippen LogP contribution is 2.45. The molecule has 3 aromatic rings. The van der Waals surface area contributed by atoms with E-state index < -0.39 is 17.1 Å². The molecule has 0 saturated heterocycles. The smallest absolute Gasteiger partial charge is 0.414 e. The van der Waals surface area contributed by atoms with E-state index in [2.05, 4.69) is 26.3 Å². The van der Waals surface area contributed by atoms with Gasteiger partial charge in [0.25, 0.3) is 0 Å². The molecule has 1 unspecified atom stereocenters. The van der Waals surface area contributed by atoms with Crippen molar-refractivity contribution < 1.29 is 14.6 Å². The molecule has 1 aliphatic rings. The van der Waals surface area contributed by atoms with Gasteiger partial charge in [-0.25, -0.2) is 19.7 Å². The van der Waals surface area contributed by atoms with Gasteiger partial charge in [-0.05, 0) is 50.6 Å². The molecule has 2 N–H and O–H groups in total. The molecule has 0 bridgehead atoms. The number of aromatic nitrogens is 3. The van der Waals surface area contributed by atoms with Gasteiger partial charge >= 0.3 is 6.09 Å². The summed E-state index contributed by atoms with van der Waals surface area (Å²) in [6.07, 6.45) is 2.42. The summed E-state index contributed by atoms with van der Waals surface area (Å²) in [4.78, 5) is 27.2. The number of nitrogens with one attached hydrogen (secondary N) is 1. The highest BCUT2D eigenvalue weighted by molar-refractivity contribution is 6.34. The Morgan fingerprint density at radius 3 is 2.72 bits per heavy atom. The minimum atomic E-state index is -0.804. The third-order valence-corrected chi connectivity index (χ3v) is 6.13. The van der Waals surface area contributed by atoms with Crippen LogP contribution in [0.2, 0.25) is 10.2 Å². The lowest BCUT2D eigenvalue weighted by Gasteiger charge is -2.26. The number of aliphatic hydroxyl groups is 1. The van der Waals surface area contributed by atoms with Gasteiger partial charge < -0.3 is 15.2 Å².